The van der Waals surface area contributed by atoms with Crippen LogP contribution in [-0.2, 0) is 0 Å². The normalized spacial score (nSPS) is 23.7. The second kappa shape index (κ2) is 4.20. The molecule has 82 valence electrons. The Morgan fingerprint density at radius 2 is 2.13 bits per heavy atom. The van der Waals surface area contributed by atoms with Gasteiger partial charge in [-0.1, -0.05) is 36.2 Å². The molecular formula is C11H13Cl2NO. The minimum Gasteiger partial charge on any atom is -0.486 e. The molecular weight excluding hydrogens is 233 g/mol. The molecule has 1 aromatic carbocycles. The fourth-order valence-corrected chi connectivity index (χ4v) is 2.36. The molecule has 2 atom stereocenters. The van der Waals surface area contributed by atoms with Crippen LogP contribution in [0.3, 0.4) is 0 Å². The smallest absolute Gasteiger partial charge is 0.144 e. The molecule has 1 aliphatic heterocycles. The van der Waals surface area contributed by atoms with Gasteiger partial charge in [0.05, 0.1) is 11.1 Å². The van der Waals surface area contributed by atoms with E-state index in [1.54, 1.807) is 0 Å². The topological polar surface area (TPSA) is 21.3 Å². The van der Waals surface area contributed by atoms with Crippen LogP contribution in [0, 0.1) is 0 Å². The molecule has 1 heterocycles. The molecule has 2 nitrogen and oxygen atoms in total. The summed E-state index contributed by atoms with van der Waals surface area (Å²) in [6.45, 7) is 2.09. The Kier molecular flexibility index (Phi) is 3.10. The van der Waals surface area contributed by atoms with E-state index in [0.29, 0.717) is 10.0 Å². The third-order valence-corrected chi connectivity index (χ3v) is 3.56. The minimum atomic E-state index is 0.140. The minimum absolute atomic E-state index is 0.140. The van der Waals surface area contributed by atoms with Crippen molar-refractivity contribution in [3.05, 3.63) is 27.7 Å². The van der Waals surface area contributed by atoms with Crippen LogP contribution in [0.5, 0.6) is 5.75 Å². The van der Waals surface area contributed by atoms with E-state index in [9.17, 15) is 0 Å². The van der Waals surface area contributed by atoms with Crippen LogP contribution in [0.15, 0.2) is 12.1 Å². The molecule has 15 heavy (non-hydrogen) atoms. The van der Waals surface area contributed by atoms with Crippen LogP contribution >= 0.6 is 23.2 Å². The van der Waals surface area contributed by atoms with Gasteiger partial charge in [-0.3, -0.25) is 0 Å². The Balaban J connectivity index is 2.47. The highest BCUT2D eigenvalue weighted by atomic mass is 35.5. The number of rotatable bonds is 2. The summed E-state index contributed by atoms with van der Waals surface area (Å²) in [5, 5.41) is 4.30. The predicted molar refractivity (Wildman–Crippen MR) is 63.0 cm³/mol. The summed E-state index contributed by atoms with van der Waals surface area (Å²) in [6.07, 6.45) is 1.08. The van der Waals surface area contributed by atoms with Crippen LogP contribution < -0.4 is 10.1 Å². The maximum Gasteiger partial charge on any atom is 0.144 e. The second-order valence-corrected chi connectivity index (χ2v) is 4.40. The van der Waals surface area contributed by atoms with Crippen LogP contribution in [0.2, 0.25) is 10.0 Å². The predicted octanol–water partition coefficient (Wildman–Crippen LogP) is 3.42. The highest BCUT2D eigenvalue weighted by Crippen LogP contribution is 2.45. The van der Waals surface area contributed by atoms with E-state index in [1.165, 1.54) is 0 Å². The summed E-state index contributed by atoms with van der Waals surface area (Å²) < 4.78 is 5.79. The molecule has 0 saturated heterocycles. The number of fused-ring (bicyclic) bond motifs is 1. The van der Waals surface area contributed by atoms with Crippen molar-refractivity contribution in [3.8, 4) is 5.75 Å². The van der Waals surface area contributed by atoms with Crippen molar-refractivity contribution in [1.29, 1.82) is 0 Å². The van der Waals surface area contributed by atoms with Gasteiger partial charge in [-0.05, 0) is 19.5 Å². The number of hydrogen-bond donors (Lipinski definition) is 1. The van der Waals surface area contributed by atoms with Crippen LogP contribution in [0.25, 0.3) is 0 Å². The highest BCUT2D eigenvalue weighted by Gasteiger charge is 2.34. The van der Waals surface area contributed by atoms with Gasteiger partial charge in [-0.2, -0.15) is 0 Å². The zero-order valence-corrected chi connectivity index (χ0v) is 10.2. The molecule has 4 heteroatoms. The third-order valence-electron chi connectivity index (χ3n) is 2.77. The van der Waals surface area contributed by atoms with Crippen molar-refractivity contribution in [3.63, 3.8) is 0 Å². The molecule has 0 bridgehead atoms. The molecule has 0 fully saturated rings. The van der Waals surface area contributed by atoms with Crippen molar-refractivity contribution >= 4 is 23.2 Å². The Labute approximate surface area is 99.5 Å². The van der Waals surface area contributed by atoms with Gasteiger partial charge in [0.2, 0.25) is 0 Å². The Morgan fingerprint density at radius 1 is 1.40 bits per heavy atom. The van der Waals surface area contributed by atoms with Crippen LogP contribution in [-0.4, -0.2) is 13.2 Å². The molecule has 0 spiro atoms. The Morgan fingerprint density at radius 3 is 2.73 bits per heavy atom. The van der Waals surface area contributed by atoms with E-state index in [-0.39, 0.29) is 12.1 Å². The zero-order valence-electron chi connectivity index (χ0n) is 8.68. The monoisotopic (exact) mass is 245 g/mol. The zero-order chi connectivity index (χ0) is 11.0. The molecule has 1 N–H and O–H groups in total. The van der Waals surface area contributed by atoms with E-state index < -0.39 is 0 Å². The maximum absolute atomic E-state index is 6.10. The van der Waals surface area contributed by atoms with Crippen molar-refractivity contribution in [2.45, 2.75) is 25.5 Å². The van der Waals surface area contributed by atoms with Crippen LogP contribution in [0.4, 0.5) is 0 Å². The number of halogens is 2. The first kappa shape index (κ1) is 11.1. The summed E-state index contributed by atoms with van der Waals surface area (Å²) in [4.78, 5) is 0. The van der Waals surface area contributed by atoms with Gasteiger partial charge in [-0.25, -0.2) is 0 Å². The number of nitrogens with one attached hydrogen (secondary N) is 1. The van der Waals surface area contributed by atoms with Crippen molar-refractivity contribution < 1.29 is 4.74 Å². The number of hydrogen-bond acceptors (Lipinski definition) is 2. The van der Waals surface area contributed by atoms with E-state index in [2.05, 4.69) is 12.2 Å². The van der Waals surface area contributed by atoms with Crippen molar-refractivity contribution in [2.75, 3.05) is 7.05 Å². The average Bonchev–Trinajstić information content (AvgIpc) is 2.61. The highest BCUT2D eigenvalue weighted by molar-refractivity contribution is 6.43. The lowest BCUT2D eigenvalue weighted by atomic mass is 10.0. The maximum atomic E-state index is 6.10. The Hall–Kier alpha value is -0.440. The van der Waals surface area contributed by atoms with E-state index in [4.69, 9.17) is 27.9 Å². The SMILES string of the molecule is CCC1Oc2c(ccc(Cl)c2Cl)C1NC. The lowest BCUT2D eigenvalue weighted by Gasteiger charge is -2.16. The van der Waals surface area contributed by atoms with Gasteiger partial charge in [-0.15, -0.1) is 0 Å². The van der Waals surface area contributed by atoms with E-state index in [1.807, 2.05) is 19.2 Å². The molecule has 0 saturated carbocycles. The van der Waals surface area contributed by atoms with Gasteiger partial charge >= 0.3 is 0 Å². The standard InChI is InChI=1S/C11H13Cl2NO/c1-3-8-10(14-2)6-4-5-7(12)9(13)11(6)15-8/h4-5,8,10,14H,3H2,1-2H3. The van der Waals surface area contributed by atoms with Crippen LogP contribution in [0.1, 0.15) is 24.9 Å². The first-order valence-electron chi connectivity index (χ1n) is 5.00. The first-order chi connectivity index (χ1) is 7.19. The largest absolute Gasteiger partial charge is 0.486 e. The molecule has 1 aliphatic rings. The van der Waals surface area contributed by atoms with Gasteiger partial charge in [0.25, 0.3) is 0 Å². The summed E-state index contributed by atoms with van der Waals surface area (Å²) in [6, 6.07) is 3.99. The Bertz CT molecular complexity index is 381. The molecule has 2 unspecified atom stereocenters. The van der Waals surface area contributed by atoms with Gasteiger partial charge in [0.1, 0.15) is 16.9 Å². The summed E-state index contributed by atoms with van der Waals surface area (Å²) in [5.74, 6) is 0.732. The molecule has 1 aromatic rings. The third kappa shape index (κ3) is 1.71. The number of likely N-dealkylation sites (N-methyl/N-ethyl adjacent to an activating group) is 1. The van der Waals surface area contributed by atoms with Crippen molar-refractivity contribution in [2.24, 2.45) is 0 Å². The van der Waals surface area contributed by atoms with Gasteiger partial charge in [0.15, 0.2) is 0 Å². The number of benzene rings is 1. The van der Waals surface area contributed by atoms with Gasteiger partial charge < -0.3 is 10.1 Å². The summed E-state index contributed by atoms with van der Waals surface area (Å²) in [5.41, 5.74) is 1.10. The lowest BCUT2D eigenvalue weighted by molar-refractivity contribution is 0.189. The summed E-state index contributed by atoms with van der Waals surface area (Å²) in [7, 11) is 1.92. The molecule has 0 aliphatic carbocycles. The van der Waals surface area contributed by atoms with Gasteiger partial charge in [0, 0.05) is 5.56 Å². The average molecular weight is 246 g/mol. The molecule has 2 rings (SSSR count). The van der Waals surface area contributed by atoms with E-state index in [0.717, 1.165) is 17.7 Å². The molecule has 0 aromatic heterocycles. The summed E-state index contributed by atoms with van der Waals surface area (Å²) >= 11 is 12.0. The fraction of sp³-hybridized carbons (Fsp3) is 0.455. The molecule has 0 radical (unpaired) electrons. The number of ether oxygens (including phenoxy) is 1. The molecule has 0 amide bonds. The fourth-order valence-electron chi connectivity index (χ4n) is 1.99. The first-order valence-corrected chi connectivity index (χ1v) is 5.76. The van der Waals surface area contributed by atoms with E-state index >= 15 is 0 Å². The van der Waals surface area contributed by atoms with Crippen molar-refractivity contribution in [1.82, 2.24) is 5.32 Å². The quantitative estimate of drug-likeness (QED) is 0.863. The second-order valence-electron chi connectivity index (χ2n) is 3.61. The lowest BCUT2D eigenvalue weighted by Crippen LogP contribution is -2.27.